The normalized spacial score (nSPS) is 11.4. The van der Waals surface area contributed by atoms with Gasteiger partial charge in [-0.15, -0.1) is 0 Å². The molecule has 0 radical (unpaired) electrons. The predicted octanol–water partition coefficient (Wildman–Crippen LogP) is 3.51. The van der Waals surface area contributed by atoms with E-state index < -0.39 is 9.84 Å². The van der Waals surface area contributed by atoms with E-state index in [-0.39, 0.29) is 5.03 Å². The number of benzene rings is 2. The van der Waals surface area contributed by atoms with Gasteiger partial charge in [0.15, 0.2) is 0 Å². The minimum atomic E-state index is -3.53. The molecule has 2 aromatic carbocycles. The Kier molecular flexibility index (Phi) is 3.16. The van der Waals surface area contributed by atoms with Gasteiger partial charge in [-0.2, -0.15) is 0 Å². The quantitative estimate of drug-likeness (QED) is 0.799. The molecule has 1 N–H and O–H groups in total. The summed E-state index contributed by atoms with van der Waals surface area (Å²) < 4.78 is 25.3. The van der Waals surface area contributed by atoms with Crippen LogP contribution in [0.3, 0.4) is 0 Å². The Labute approximate surface area is 117 Å². The van der Waals surface area contributed by atoms with Crippen LogP contribution in [0, 0.1) is 0 Å². The lowest BCUT2D eigenvalue weighted by atomic mass is 10.1. The van der Waals surface area contributed by atoms with Crippen molar-refractivity contribution in [3.05, 3.63) is 72.9 Å². The third kappa shape index (κ3) is 2.14. The summed E-state index contributed by atoms with van der Waals surface area (Å²) in [6.45, 7) is 0. The van der Waals surface area contributed by atoms with Crippen LogP contribution >= 0.6 is 0 Å². The van der Waals surface area contributed by atoms with E-state index in [4.69, 9.17) is 0 Å². The highest BCUT2D eigenvalue weighted by molar-refractivity contribution is 7.91. The number of H-pyrrole nitrogens is 1. The number of hydrogen-bond acceptors (Lipinski definition) is 2. The Balaban J connectivity index is 2.16. The van der Waals surface area contributed by atoms with E-state index in [0.29, 0.717) is 10.5 Å². The van der Waals surface area contributed by atoms with Gasteiger partial charge < -0.3 is 4.98 Å². The van der Waals surface area contributed by atoms with Crippen molar-refractivity contribution < 1.29 is 8.42 Å². The molecule has 3 rings (SSSR count). The molecule has 3 aromatic rings. The molecule has 0 aliphatic carbocycles. The van der Waals surface area contributed by atoms with Gasteiger partial charge in [-0.25, -0.2) is 8.42 Å². The first-order chi connectivity index (χ1) is 9.69. The van der Waals surface area contributed by atoms with Crippen LogP contribution in [0.4, 0.5) is 0 Å². The number of aromatic nitrogens is 1. The summed E-state index contributed by atoms with van der Waals surface area (Å²) in [5.41, 5.74) is 1.57. The monoisotopic (exact) mass is 283 g/mol. The summed E-state index contributed by atoms with van der Waals surface area (Å²) in [5.74, 6) is 0. The lowest BCUT2D eigenvalue weighted by Crippen LogP contribution is -2.03. The molecule has 4 heteroatoms. The van der Waals surface area contributed by atoms with Crippen LogP contribution < -0.4 is 0 Å². The molecule has 0 saturated carbocycles. The van der Waals surface area contributed by atoms with Crippen molar-refractivity contribution in [1.29, 1.82) is 0 Å². The summed E-state index contributed by atoms with van der Waals surface area (Å²) in [4.78, 5) is 3.15. The highest BCUT2D eigenvalue weighted by Crippen LogP contribution is 2.30. The number of hydrogen-bond donors (Lipinski definition) is 1. The summed E-state index contributed by atoms with van der Waals surface area (Å²) in [6, 6.07) is 19.7. The molecule has 100 valence electrons. The van der Waals surface area contributed by atoms with Crippen LogP contribution in [0.1, 0.15) is 0 Å². The molecule has 0 fully saturated rings. The highest BCUT2D eigenvalue weighted by atomic mass is 32.2. The molecule has 20 heavy (non-hydrogen) atoms. The fraction of sp³-hybridized carbons (Fsp3) is 0. The Morgan fingerprint density at radius 2 is 1.35 bits per heavy atom. The van der Waals surface area contributed by atoms with Gasteiger partial charge in [0.1, 0.15) is 5.03 Å². The Bertz CT molecular complexity index is 806. The van der Waals surface area contributed by atoms with E-state index in [2.05, 4.69) is 4.98 Å². The van der Waals surface area contributed by atoms with Gasteiger partial charge in [0.05, 0.1) is 4.90 Å². The summed E-state index contributed by atoms with van der Waals surface area (Å²) in [5, 5.41) is 0.231. The molecule has 0 atom stereocenters. The van der Waals surface area contributed by atoms with Crippen LogP contribution in [0.2, 0.25) is 0 Å². The molecule has 3 nitrogen and oxygen atoms in total. The fourth-order valence-corrected chi connectivity index (χ4v) is 3.59. The van der Waals surface area contributed by atoms with E-state index in [1.807, 2.05) is 30.3 Å². The Morgan fingerprint density at radius 3 is 2.00 bits per heavy atom. The number of sulfone groups is 1. The first kappa shape index (κ1) is 12.7. The molecule has 0 aliphatic heterocycles. The standard InChI is InChI=1S/C16H13NO2S/c18-20(19,14-9-5-2-6-10-14)16-15(11-12-17-16)13-7-3-1-4-8-13/h1-12,17H. The second-order valence-electron chi connectivity index (χ2n) is 4.40. The molecule has 0 spiro atoms. The van der Waals surface area contributed by atoms with Crippen molar-refractivity contribution in [3.8, 4) is 11.1 Å². The zero-order valence-corrected chi connectivity index (χ0v) is 11.5. The van der Waals surface area contributed by atoms with Crippen molar-refractivity contribution in [1.82, 2.24) is 4.98 Å². The second kappa shape index (κ2) is 4.98. The average molecular weight is 283 g/mol. The van der Waals surface area contributed by atoms with Crippen molar-refractivity contribution in [2.24, 2.45) is 0 Å². The fourth-order valence-electron chi connectivity index (χ4n) is 2.14. The zero-order chi connectivity index (χ0) is 14.0. The lowest BCUT2D eigenvalue weighted by Gasteiger charge is -2.06. The largest absolute Gasteiger partial charge is 0.352 e. The first-order valence-electron chi connectivity index (χ1n) is 6.22. The van der Waals surface area contributed by atoms with Crippen molar-refractivity contribution in [3.63, 3.8) is 0 Å². The van der Waals surface area contributed by atoms with Crippen LogP contribution in [-0.2, 0) is 9.84 Å². The molecule has 0 bridgehead atoms. The van der Waals surface area contributed by atoms with Gasteiger partial charge >= 0.3 is 0 Å². The molecule has 0 aliphatic rings. The lowest BCUT2D eigenvalue weighted by molar-refractivity contribution is 0.593. The van der Waals surface area contributed by atoms with Crippen LogP contribution in [-0.4, -0.2) is 13.4 Å². The molecule has 0 amide bonds. The second-order valence-corrected chi connectivity index (χ2v) is 6.29. The highest BCUT2D eigenvalue weighted by Gasteiger charge is 2.22. The van der Waals surface area contributed by atoms with Crippen LogP contribution in [0.25, 0.3) is 11.1 Å². The molecule has 0 unspecified atom stereocenters. The van der Waals surface area contributed by atoms with E-state index in [1.54, 1.807) is 42.6 Å². The van der Waals surface area contributed by atoms with Crippen molar-refractivity contribution >= 4 is 9.84 Å². The molecule has 1 heterocycles. The SMILES string of the molecule is O=S(=O)(c1ccccc1)c1[nH]ccc1-c1ccccc1. The maximum Gasteiger partial charge on any atom is 0.222 e. The molecule has 1 aromatic heterocycles. The topological polar surface area (TPSA) is 49.9 Å². The minimum absolute atomic E-state index is 0.231. The number of aromatic amines is 1. The van der Waals surface area contributed by atoms with E-state index in [9.17, 15) is 8.42 Å². The third-order valence-corrected chi connectivity index (χ3v) is 4.88. The molecular formula is C16H13NO2S. The van der Waals surface area contributed by atoms with Gasteiger partial charge in [0.2, 0.25) is 9.84 Å². The smallest absolute Gasteiger partial charge is 0.222 e. The van der Waals surface area contributed by atoms with Crippen LogP contribution in [0.15, 0.2) is 82.8 Å². The van der Waals surface area contributed by atoms with Gasteiger partial charge in [-0.05, 0) is 23.8 Å². The van der Waals surface area contributed by atoms with Gasteiger partial charge in [0.25, 0.3) is 0 Å². The summed E-state index contributed by atoms with van der Waals surface area (Å²) >= 11 is 0. The average Bonchev–Trinajstić information content (AvgIpc) is 2.99. The maximum absolute atomic E-state index is 12.7. The van der Waals surface area contributed by atoms with Crippen LogP contribution in [0.5, 0.6) is 0 Å². The number of nitrogens with one attached hydrogen (secondary N) is 1. The number of rotatable bonds is 3. The maximum atomic E-state index is 12.7. The van der Waals surface area contributed by atoms with Gasteiger partial charge in [0, 0.05) is 11.8 Å². The Morgan fingerprint density at radius 1 is 0.750 bits per heavy atom. The minimum Gasteiger partial charge on any atom is -0.352 e. The third-order valence-electron chi connectivity index (χ3n) is 3.12. The van der Waals surface area contributed by atoms with E-state index >= 15 is 0 Å². The molecular weight excluding hydrogens is 270 g/mol. The Hall–Kier alpha value is -2.33. The first-order valence-corrected chi connectivity index (χ1v) is 7.71. The molecule has 0 saturated heterocycles. The van der Waals surface area contributed by atoms with E-state index in [0.717, 1.165) is 5.56 Å². The summed E-state index contributed by atoms with van der Waals surface area (Å²) in [6.07, 6.45) is 1.65. The van der Waals surface area contributed by atoms with Gasteiger partial charge in [-0.1, -0.05) is 48.5 Å². The predicted molar refractivity (Wildman–Crippen MR) is 78.1 cm³/mol. The van der Waals surface area contributed by atoms with Crippen molar-refractivity contribution in [2.75, 3.05) is 0 Å². The summed E-state index contributed by atoms with van der Waals surface area (Å²) in [7, 11) is -3.53. The van der Waals surface area contributed by atoms with Gasteiger partial charge in [-0.3, -0.25) is 0 Å². The van der Waals surface area contributed by atoms with Crippen molar-refractivity contribution in [2.45, 2.75) is 9.92 Å². The van der Waals surface area contributed by atoms with E-state index in [1.165, 1.54) is 0 Å². The zero-order valence-electron chi connectivity index (χ0n) is 10.7.